The number of hydrogen-bond donors (Lipinski definition) is 3. The Morgan fingerprint density at radius 2 is 2.50 bits per heavy atom. The van der Waals surface area contributed by atoms with Gasteiger partial charge in [-0.15, -0.1) is 0 Å². The van der Waals surface area contributed by atoms with Crippen molar-refractivity contribution in [3.05, 3.63) is 0 Å². The van der Waals surface area contributed by atoms with Crippen molar-refractivity contribution >= 4 is 11.1 Å². The van der Waals surface area contributed by atoms with Gasteiger partial charge in [0.1, 0.15) is 0 Å². The molecule has 0 bridgehead atoms. The quantitative estimate of drug-likeness (QED) is 0.408. The van der Waals surface area contributed by atoms with E-state index in [-0.39, 0.29) is 0 Å². The van der Waals surface area contributed by atoms with Crippen LogP contribution in [0.1, 0.15) is 12.8 Å². The van der Waals surface area contributed by atoms with Crippen LogP contribution in [0.3, 0.4) is 0 Å². The lowest BCUT2D eigenvalue weighted by atomic mass is 10.2. The minimum absolute atomic E-state index is 0.326. The predicted octanol–water partition coefficient (Wildman–Crippen LogP) is -0.450. The molecule has 72 valence electrons. The molecule has 5 heteroatoms. The monoisotopic (exact) mass is 192 g/mol. The summed E-state index contributed by atoms with van der Waals surface area (Å²) in [5.41, 5.74) is 0. The molecule has 0 saturated carbocycles. The van der Waals surface area contributed by atoms with Gasteiger partial charge in [0, 0.05) is 19.1 Å². The summed E-state index contributed by atoms with van der Waals surface area (Å²) in [4.78, 5) is 0. The summed E-state index contributed by atoms with van der Waals surface area (Å²) < 4.78 is 18.7. The summed E-state index contributed by atoms with van der Waals surface area (Å²) in [5.74, 6) is 0.326. The van der Waals surface area contributed by atoms with Crippen LogP contribution in [0, 0.1) is 0 Å². The average Bonchev–Trinajstić information content (AvgIpc) is 2.49. The van der Waals surface area contributed by atoms with Crippen LogP contribution >= 0.6 is 0 Å². The zero-order valence-corrected chi connectivity index (χ0v) is 7.90. The molecule has 1 rings (SSSR count). The van der Waals surface area contributed by atoms with Crippen LogP contribution in [0.2, 0.25) is 0 Å². The molecular formula is C7H16N2O2S. The van der Waals surface area contributed by atoms with Crippen LogP contribution < -0.4 is 10.6 Å². The molecule has 0 spiro atoms. The van der Waals surface area contributed by atoms with Gasteiger partial charge in [0.15, 0.2) is 11.1 Å². The fourth-order valence-electron chi connectivity index (χ4n) is 1.37. The maximum Gasteiger partial charge on any atom is 0.154 e. The standard InChI is InChI=1S/C7H16N2O2S/c10-12(11)5-4-8-6-7-2-1-3-9-7/h7-9H,1-6H2,(H,10,11). The molecule has 2 atom stereocenters. The maximum atomic E-state index is 10.3. The Morgan fingerprint density at radius 1 is 1.67 bits per heavy atom. The minimum atomic E-state index is -1.65. The van der Waals surface area contributed by atoms with E-state index >= 15 is 0 Å². The second kappa shape index (κ2) is 5.64. The van der Waals surface area contributed by atoms with Gasteiger partial charge < -0.3 is 15.2 Å². The van der Waals surface area contributed by atoms with Crippen molar-refractivity contribution in [1.29, 1.82) is 0 Å². The molecule has 0 aliphatic carbocycles. The predicted molar refractivity (Wildman–Crippen MR) is 49.5 cm³/mol. The van der Waals surface area contributed by atoms with E-state index < -0.39 is 11.1 Å². The molecule has 0 amide bonds. The molecule has 1 aliphatic rings. The molecule has 3 N–H and O–H groups in total. The minimum Gasteiger partial charge on any atom is -0.314 e. The van der Waals surface area contributed by atoms with E-state index in [0.717, 1.165) is 13.1 Å². The van der Waals surface area contributed by atoms with Crippen molar-refractivity contribution in [3.63, 3.8) is 0 Å². The third-order valence-electron chi connectivity index (χ3n) is 2.01. The SMILES string of the molecule is O=S(O)CCNCC1CCCN1. The highest BCUT2D eigenvalue weighted by Crippen LogP contribution is 2.02. The molecular weight excluding hydrogens is 176 g/mol. The van der Waals surface area contributed by atoms with E-state index in [1.807, 2.05) is 0 Å². The van der Waals surface area contributed by atoms with Gasteiger partial charge in [-0.2, -0.15) is 0 Å². The molecule has 12 heavy (non-hydrogen) atoms. The van der Waals surface area contributed by atoms with E-state index in [4.69, 9.17) is 4.55 Å². The van der Waals surface area contributed by atoms with Gasteiger partial charge >= 0.3 is 0 Å². The van der Waals surface area contributed by atoms with E-state index in [9.17, 15) is 4.21 Å². The first-order chi connectivity index (χ1) is 5.79. The number of hydrogen-bond acceptors (Lipinski definition) is 3. The molecule has 4 nitrogen and oxygen atoms in total. The largest absolute Gasteiger partial charge is 0.314 e. The summed E-state index contributed by atoms with van der Waals surface area (Å²) in [7, 11) is 0. The Balaban J connectivity index is 1.91. The summed E-state index contributed by atoms with van der Waals surface area (Å²) >= 11 is -1.65. The van der Waals surface area contributed by atoms with Crippen molar-refractivity contribution in [3.8, 4) is 0 Å². The fourth-order valence-corrected chi connectivity index (χ4v) is 1.69. The first kappa shape index (κ1) is 10.1. The van der Waals surface area contributed by atoms with Gasteiger partial charge in [0.2, 0.25) is 0 Å². The molecule has 0 radical (unpaired) electrons. The van der Waals surface area contributed by atoms with Crippen LogP contribution in [0.15, 0.2) is 0 Å². The van der Waals surface area contributed by atoms with Crippen LogP contribution in [-0.4, -0.2) is 40.2 Å². The van der Waals surface area contributed by atoms with E-state index in [0.29, 0.717) is 18.3 Å². The van der Waals surface area contributed by atoms with Gasteiger partial charge in [-0.05, 0) is 19.4 Å². The molecule has 2 unspecified atom stereocenters. The van der Waals surface area contributed by atoms with E-state index in [1.54, 1.807) is 0 Å². The first-order valence-corrected chi connectivity index (χ1v) is 5.58. The lowest BCUT2D eigenvalue weighted by Gasteiger charge is -2.10. The molecule has 1 aliphatic heterocycles. The number of nitrogens with one attached hydrogen (secondary N) is 2. The van der Waals surface area contributed by atoms with Gasteiger partial charge in [0.05, 0.1) is 5.75 Å². The van der Waals surface area contributed by atoms with Crippen LogP contribution in [0.25, 0.3) is 0 Å². The second-order valence-electron chi connectivity index (χ2n) is 3.02. The third kappa shape index (κ3) is 4.15. The Hall–Kier alpha value is 0.0300. The van der Waals surface area contributed by atoms with Crippen LogP contribution in [0.5, 0.6) is 0 Å². The smallest absolute Gasteiger partial charge is 0.154 e. The lowest BCUT2D eigenvalue weighted by Crippen LogP contribution is -2.35. The van der Waals surface area contributed by atoms with Gasteiger partial charge in [-0.3, -0.25) is 0 Å². The van der Waals surface area contributed by atoms with Crippen LogP contribution in [-0.2, 0) is 11.1 Å². The summed E-state index contributed by atoms with van der Waals surface area (Å²) in [6, 6.07) is 0.567. The summed E-state index contributed by atoms with van der Waals surface area (Å²) in [5, 5.41) is 6.49. The van der Waals surface area contributed by atoms with Crippen molar-refractivity contribution in [2.24, 2.45) is 0 Å². The molecule has 0 aromatic heterocycles. The lowest BCUT2D eigenvalue weighted by molar-refractivity contribution is 0.535. The Bertz CT molecular complexity index is 148. The van der Waals surface area contributed by atoms with Crippen molar-refractivity contribution in [2.75, 3.05) is 25.4 Å². The Labute approximate surface area is 75.4 Å². The summed E-state index contributed by atoms with van der Waals surface area (Å²) in [6.45, 7) is 2.65. The molecule has 0 aromatic carbocycles. The third-order valence-corrected chi connectivity index (χ3v) is 2.56. The summed E-state index contributed by atoms with van der Waals surface area (Å²) in [6.07, 6.45) is 2.47. The normalized spacial score (nSPS) is 25.9. The molecule has 0 aromatic rings. The van der Waals surface area contributed by atoms with E-state index in [1.165, 1.54) is 12.8 Å². The highest BCUT2D eigenvalue weighted by atomic mass is 32.2. The second-order valence-corrected chi connectivity index (χ2v) is 4.07. The van der Waals surface area contributed by atoms with Gasteiger partial charge in [-0.1, -0.05) is 0 Å². The van der Waals surface area contributed by atoms with Gasteiger partial charge in [0.25, 0.3) is 0 Å². The van der Waals surface area contributed by atoms with Crippen molar-refractivity contribution < 1.29 is 8.76 Å². The highest BCUT2D eigenvalue weighted by Gasteiger charge is 2.12. The topological polar surface area (TPSA) is 61.4 Å². The van der Waals surface area contributed by atoms with Crippen molar-refractivity contribution in [2.45, 2.75) is 18.9 Å². The van der Waals surface area contributed by atoms with Crippen molar-refractivity contribution in [1.82, 2.24) is 10.6 Å². The zero-order chi connectivity index (χ0) is 8.81. The molecule has 1 saturated heterocycles. The Kier molecular flexibility index (Phi) is 4.75. The highest BCUT2D eigenvalue weighted by molar-refractivity contribution is 7.79. The first-order valence-electron chi connectivity index (χ1n) is 4.30. The molecule has 1 heterocycles. The zero-order valence-electron chi connectivity index (χ0n) is 7.08. The Morgan fingerprint density at radius 3 is 3.08 bits per heavy atom. The van der Waals surface area contributed by atoms with Gasteiger partial charge in [-0.25, -0.2) is 4.21 Å². The average molecular weight is 192 g/mol. The maximum absolute atomic E-state index is 10.3. The van der Waals surface area contributed by atoms with Crippen LogP contribution in [0.4, 0.5) is 0 Å². The molecule has 1 fully saturated rings. The fraction of sp³-hybridized carbons (Fsp3) is 1.00. The number of rotatable bonds is 5. The van der Waals surface area contributed by atoms with E-state index in [2.05, 4.69) is 10.6 Å².